The lowest BCUT2D eigenvalue weighted by Crippen LogP contribution is -2.40. The van der Waals surface area contributed by atoms with Gasteiger partial charge < -0.3 is 10.1 Å². The molecule has 0 bridgehead atoms. The predicted molar refractivity (Wildman–Crippen MR) is 78.0 cm³/mol. The third kappa shape index (κ3) is 4.68. The number of carbonyl (C=O) groups excluding carboxylic acids is 1. The van der Waals surface area contributed by atoms with Crippen LogP contribution in [0.5, 0.6) is 0 Å². The van der Waals surface area contributed by atoms with Crippen LogP contribution >= 0.6 is 11.8 Å². The van der Waals surface area contributed by atoms with Crippen LogP contribution in [-0.4, -0.2) is 46.2 Å². The fourth-order valence-electron chi connectivity index (χ4n) is 1.66. The largest absolute Gasteiger partial charge is 0.468 e. The summed E-state index contributed by atoms with van der Waals surface area (Å²) in [6.45, 7) is 5.38. The summed E-state index contributed by atoms with van der Waals surface area (Å²) in [5.74, 6) is 0.173. The van der Waals surface area contributed by atoms with Crippen LogP contribution in [0.2, 0.25) is 0 Å². The number of aromatic amines is 1. The van der Waals surface area contributed by atoms with Crippen LogP contribution < -0.4 is 11.0 Å². The summed E-state index contributed by atoms with van der Waals surface area (Å²) in [6, 6.07) is -0.396. The standard InChI is InChI=1S/C12H22N4O3S/c1-4-6-13-9(10(17)19-3)8-20-12-15-14-11(18)16(12)7-5-2/h9,13H,4-8H2,1-3H3,(H,14,18). The van der Waals surface area contributed by atoms with Crippen LogP contribution in [0, 0.1) is 0 Å². The first-order chi connectivity index (χ1) is 9.63. The van der Waals surface area contributed by atoms with Crippen molar-refractivity contribution in [3.05, 3.63) is 10.5 Å². The Balaban J connectivity index is 2.66. The van der Waals surface area contributed by atoms with Crippen molar-refractivity contribution in [2.75, 3.05) is 19.4 Å². The fraction of sp³-hybridized carbons (Fsp3) is 0.750. The SMILES string of the molecule is CCCNC(CSc1n[nH]c(=O)n1CCC)C(=O)OC. The molecule has 7 nitrogen and oxygen atoms in total. The fourth-order valence-corrected chi connectivity index (χ4v) is 2.67. The van der Waals surface area contributed by atoms with Crippen LogP contribution in [-0.2, 0) is 16.1 Å². The molecule has 8 heteroatoms. The predicted octanol–water partition coefficient (Wildman–Crippen LogP) is 0.615. The lowest BCUT2D eigenvalue weighted by Gasteiger charge is -2.15. The lowest BCUT2D eigenvalue weighted by molar-refractivity contribution is -0.142. The molecule has 0 aliphatic carbocycles. The molecule has 0 saturated heterocycles. The topological polar surface area (TPSA) is 89.0 Å². The molecule has 1 aromatic heterocycles. The third-order valence-corrected chi connectivity index (χ3v) is 3.75. The number of thioether (sulfide) groups is 1. The highest BCUT2D eigenvalue weighted by Crippen LogP contribution is 2.15. The summed E-state index contributed by atoms with van der Waals surface area (Å²) < 4.78 is 6.35. The third-order valence-electron chi connectivity index (χ3n) is 2.68. The van der Waals surface area contributed by atoms with E-state index in [9.17, 15) is 9.59 Å². The number of carbonyl (C=O) groups is 1. The Labute approximate surface area is 122 Å². The summed E-state index contributed by atoms with van der Waals surface area (Å²) in [5.41, 5.74) is -0.217. The number of rotatable bonds is 9. The second-order valence-electron chi connectivity index (χ2n) is 4.30. The average Bonchev–Trinajstić information content (AvgIpc) is 2.80. The van der Waals surface area contributed by atoms with E-state index in [4.69, 9.17) is 4.74 Å². The summed E-state index contributed by atoms with van der Waals surface area (Å²) in [4.78, 5) is 23.2. The van der Waals surface area contributed by atoms with Gasteiger partial charge in [-0.1, -0.05) is 25.6 Å². The molecule has 0 aromatic carbocycles. The minimum absolute atomic E-state index is 0.217. The van der Waals surface area contributed by atoms with Gasteiger partial charge in [0.05, 0.1) is 7.11 Å². The van der Waals surface area contributed by atoms with Crippen molar-refractivity contribution in [2.24, 2.45) is 0 Å². The normalized spacial score (nSPS) is 12.3. The van der Waals surface area contributed by atoms with Crippen LogP contribution in [0.1, 0.15) is 26.7 Å². The molecule has 0 fully saturated rings. The van der Waals surface area contributed by atoms with E-state index in [1.807, 2.05) is 13.8 Å². The van der Waals surface area contributed by atoms with Gasteiger partial charge >= 0.3 is 11.7 Å². The molecule has 1 rings (SSSR count). The van der Waals surface area contributed by atoms with E-state index < -0.39 is 6.04 Å². The van der Waals surface area contributed by atoms with Gasteiger partial charge in [-0.05, 0) is 19.4 Å². The zero-order chi connectivity index (χ0) is 15.0. The van der Waals surface area contributed by atoms with E-state index in [0.717, 1.165) is 19.4 Å². The van der Waals surface area contributed by atoms with Gasteiger partial charge in [0.15, 0.2) is 5.16 Å². The summed E-state index contributed by atoms with van der Waals surface area (Å²) >= 11 is 1.37. The van der Waals surface area contributed by atoms with Crippen molar-refractivity contribution in [3.8, 4) is 0 Å². The number of nitrogens with one attached hydrogen (secondary N) is 2. The van der Waals surface area contributed by atoms with Gasteiger partial charge in [-0.3, -0.25) is 9.36 Å². The number of esters is 1. The minimum Gasteiger partial charge on any atom is -0.468 e. The molecule has 0 aliphatic heterocycles. The van der Waals surface area contributed by atoms with Crippen molar-refractivity contribution < 1.29 is 9.53 Å². The second kappa shape index (κ2) is 8.80. The molecule has 0 saturated carbocycles. The first kappa shape index (κ1) is 16.8. The quantitative estimate of drug-likeness (QED) is 0.513. The molecule has 1 aromatic rings. The van der Waals surface area contributed by atoms with Crippen molar-refractivity contribution >= 4 is 17.7 Å². The first-order valence-electron chi connectivity index (χ1n) is 6.73. The number of ether oxygens (including phenoxy) is 1. The number of hydrogen-bond donors (Lipinski definition) is 2. The Kier molecular flexibility index (Phi) is 7.38. The number of aromatic nitrogens is 3. The first-order valence-corrected chi connectivity index (χ1v) is 7.71. The van der Waals surface area contributed by atoms with Crippen molar-refractivity contribution in [1.29, 1.82) is 0 Å². The maximum atomic E-state index is 11.7. The van der Waals surface area contributed by atoms with E-state index >= 15 is 0 Å². The zero-order valence-corrected chi connectivity index (χ0v) is 13.0. The number of nitrogens with zero attached hydrogens (tertiary/aromatic N) is 2. The molecule has 0 radical (unpaired) electrons. The van der Waals surface area contributed by atoms with Crippen molar-refractivity contribution in [3.63, 3.8) is 0 Å². The van der Waals surface area contributed by atoms with E-state index in [0.29, 0.717) is 17.5 Å². The van der Waals surface area contributed by atoms with Crippen LogP contribution in [0.4, 0.5) is 0 Å². The maximum absolute atomic E-state index is 11.7. The molecule has 20 heavy (non-hydrogen) atoms. The molecule has 114 valence electrons. The van der Waals surface area contributed by atoms with Crippen LogP contribution in [0.15, 0.2) is 9.95 Å². The highest BCUT2D eigenvalue weighted by atomic mass is 32.2. The smallest absolute Gasteiger partial charge is 0.343 e. The monoisotopic (exact) mass is 302 g/mol. The van der Waals surface area contributed by atoms with Crippen LogP contribution in [0.25, 0.3) is 0 Å². The Morgan fingerprint density at radius 3 is 2.85 bits per heavy atom. The summed E-state index contributed by atoms with van der Waals surface area (Å²) in [5, 5.41) is 10.1. The van der Waals surface area contributed by atoms with Gasteiger partial charge in [-0.15, -0.1) is 5.10 Å². The van der Waals surface area contributed by atoms with Crippen LogP contribution in [0.3, 0.4) is 0 Å². The van der Waals surface area contributed by atoms with Gasteiger partial charge in [-0.25, -0.2) is 9.89 Å². The molecule has 0 spiro atoms. The van der Waals surface area contributed by atoms with E-state index in [1.54, 1.807) is 4.57 Å². The molecule has 1 atom stereocenters. The van der Waals surface area contributed by atoms with Gasteiger partial charge in [0.25, 0.3) is 0 Å². The summed E-state index contributed by atoms with van der Waals surface area (Å²) in [7, 11) is 1.37. The van der Waals surface area contributed by atoms with Gasteiger partial charge in [0.2, 0.25) is 0 Å². The summed E-state index contributed by atoms with van der Waals surface area (Å²) in [6.07, 6.45) is 1.78. The highest BCUT2D eigenvalue weighted by Gasteiger charge is 2.20. The minimum atomic E-state index is -0.396. The molecule has 0 aliphatic rings. The molecule has 1 unspecified atom stereocenters. The molecule has 1 heterocycles. The Morgan fingerprint density at radius 1 is 1.50 bits per heavy atom. The number of methoxy groups -OCH3 is 1. The molecular weight excluding hydrogens is 280 g/mol. The number of hydrogen-bond acceptors (Lipinski definition) is 6. The van der Waals surface area contributed by atoms with Gasteiger partial charge in [-0.2, -0.15) is 0 Å². The lowest BCUT2D eigenvalue weighted by atomic mass is 10.3. The van der Waals surface area contributed by atoms with Gasteiger partial charge in [0.1, 0.15) is 6.04 Å². The second-order valence-corrected chi connectivity index (χ2v) is 5.29. The average molecular weight is 302 g/mol. The zero-order valence-electron chi connectivity index (χ0n) is 12.1. The highest BCUT2D eigenvalue weighted by molar-refractivity contribution is 7.99. The Morgan fingerprint density at radius 2 is 2.25 bits per heavy atom. The molecule has 0 amide bonds. The molecular formula is C12H22N4O3S. The Bertz CT molecular complexity index is 472. The van der Waals surface area contributed by atoms with Crippen molar-refractivity contribution in [2.45, 2.75) is 44.4 Å². The van der Waals surface area contributed by atoms with Gasteiger partial charge in [0, 0.05) is 12.3 Å². The van der Waals surface area contributed by atoms with E-state index in [2.05, 4.69) is 15.5 Å². The van der Waals surface area contributed by atoms with E-state index in [-0.39, 0.29) is 11.7 Å². The van der Waals surface area contributed by atoms with E-state index in [1.165, 1.54) is 18.9 Å². The van der Waals surface area contributed by atoms with Crippen molar-refractivity contribution in [1.82, 2.24) is 20.1 Å². The maximum Gasteiger partial charge on any atom is 0.343 e. The number of H-pyrrole nitrogens is 1. The Hall–Kier alpha value is -1.28. The molecule has 2 N–H and O–H groups in total.